The van der Waals surface area contributed by atoms with Gasteiger partial charge in [0, 0.05) is 29.8 Å². The van der Waals surface area contributed by atoms with E-state index in [-0.39, 0.29) is 25.4 Å². The van der Waals surface area contributed by atoms with Crippen molar-refractivity contribution in [1.29, 1.82) is 0 Å². The zero-order chi connectivity index (χ0) is 30.5. The number of rotatable bonds is 14. The normalized spacial score (nSPS) is 10.7. The summed E-state index contributed by atoms with van der Waals surface area (Å²) in [5.41, 5.74) is 6.96. The molecule has 0 aliphatic heterocycles. The van der Waals surface area contributed by atoms with Crippen LogP contribution in [0.1, 0.15) is 42.0 Å². The van der Waals surface area contributed by atoms with Crippen molar-refractivity contribution in [2.45, 2.75) is 40.0 Å². The van der Waals surface area contributed by atoms with E-state index in [9.17, 15) is 18.8 Å². The van der Waals surface area contributed by atoms with E-state index in [0.29, 0.717) is 41.3 Å². The molecule has 220 valence electrons. The molecule has 0 spiro atoms. The van der Waals surface area contributed by atoms with Crippen molar-refractivity contribution in [3.05, 3.63) is 95.3 Å². The zero-order valence-corrected chi connectivity index (χ0v) is 24.0. The number of hydrogen-bond acceptors (Lipinski definition) is 6. The van der Waals surface area contributed by atoms with E-state index in [2.05, 4.69) is 27.7 Å². The monoisotopic (exact) mass is 574 g/mol. The van der Waals surface area contributed by atoms with Gasteiger partial charge in [-0.25, -0.2) is 9.82 Å². The minimum Gasteiger partial charge on any atom is -0.490 e. The number of hydrazone groups is 1. The molecule has 9 nitrogen and oxygen atoms in total. The highest BCUT2D eigenvalue weighted by atomic mass is 19.1. The molecular formula is C32H35FN4O5. The number of carbonyl (C=O) groups is 3. The highest BCUT2D eigenvalue weighted by molar-refractivity contribution is 5.94. The van der Waals surface area contributed by atoms with Crippen LogP contribution in [0.2, 0.25) is 0 Å². The van der Waals surface area contributed by atoms with Crippen LogP contribution in [0.4, 0.5) is 15.8 Å². The van der Waals surface area contributed by atoms with E-state index in [4.69, 9.17) is 9.47 Å². The van der Waals surface area contributed by atoms with Crippen molar-refractivity contribution in [1.82, 2.24) is 5.43 Å². The Labute approximate surface area is 244 Å². The van der Waals surface area contributed by atoms with Crippen LogP contribution in [0, 0.1) is 19.7 Å². The molecule has 42 heavy (non-hydrogen) atoms. The summed E-state index contributed by atoms with van der Waals surface area (Å²) < 4.78 is 24.7. The van der Waals surface area contributed by atoms with Gasteiger partial charge in [0.25, 0.3) is 5.91 Å². The molecule has 0 fully saturated rings. The van der Waals surface area contributed by atoms with Crippen molar-refractivity contribution >= 4 is 35.3 Å². The number of aryl methyl sites for hydroxylation is 1. The Morgan fingerprint density at radius 3 is 2.40 bits per heavy atom. The van der Waals surface area contributed by atoms with Gasteiger partial charge in [-0.15, -0.1) is 6.58 Å². The zero-order valence-electron chi connectivity index (χ0n) is 24.0. The number of anilines is 2. The number of benzene rings is 3. The fraction of sp³-hybridized carbons (Fsp3) is 0.250. The Kier molecular flexibility index (Phi) is 11.8. The number of carbonyl (C=O) groups excluding carboxylic acids is 3. The Morgan fingerprint density at radius 2 is 1.69 bits per heavy atom. The average Bonchev–Trinajstić information content (AvgIpc) is 2.95. The maximum atomic E-state index is 13.1. The first-order valence-electron chi connectivity index (χ1n) is 13.5. The molecule has 0 heterocycles. The molecule has 3 aromatic carbocycles. The maximum Gasteiger partial charge on any atom is 0.262 e. The second-order valence-corrected chi connectivity index (χ2v) is 9.37. The Morgan fingerprint density at radius 1 is 0.952 bits per heavy atom. The van der Waals surface area contributed by atoms with Crippen LogP contribution < -0.4 is 25.5 Å². The molecule has 0 aliphatic rings. The quantitative estimate of drug-likeness (QED) is 0.134. The minimum absolute atomic E-state index is 0.00742. The molecule has 3 rings (SSSR count). The number of nitrogens with one attached hydrogen (secondary N) is 3. The van der Waals surface area contributed by atoms with Gasteiger partial charge in [-0.1, -0.05) is 18.2 Å². The first-order chi connectivity index (χ1) is 20.2. The predicted octanol–water partition coefficient (Wildman–Crippen LogP) is 5.46. The summed E-state index contributed by atoms with van der Waals surface area (Å²) >= 11 is 0. The third-order valence-corrected chi connectivity index (χ3v) is 6.15. The van der Waals surface area contributed by atoms with Gasteiger partial charge in [0.15, 0.2) is 18.1 Å². The SMILES string of the molecule is C=CCc1cc(C=NNC(=O)CCC(=O)Nc2cccc(C)c2C)cc(OCC)c1OCC(=O)Nc1ccc(F)cc1. The van der Waals surface area contributed by atoms with Gasteiger partial charge in [0.1, 0.15) is 5.82 Å². The standard InChI is InChI=1S/C32H35FN4O5/c1-5-8-24-17-23(19-34-37-30(39)16-15-29(38)36-27-10-7-9-21(3)22(27)4)18-28(41-6-2)32(24)42-20-31(40)35-26-13-11-25(33)12-14-26/h5,7,9-14,17-19H,1,6,8,15-16,20H2,2-4H3,(H,35,40)(H,36,38)(H,37,39). The van der Waals surface area contributed by atoms with Gasteiger partial charge in [-0.05, 0) is 86.3 Å². The van der Waals surface area contributed by atoms with Crippen molar-refractivity contribution in [2.75, 3.05) is 23.8 Å². The summed E-state index contributed by atoms with van der Waals surface area (Å²) in [4.78, 5) is 37.0. The summed E-state index contributed by atoms with van der Waals surface area (Å²) in [6.07, 6.45) is 3.52. The lowest BCUT2D eigenvalue weighted by Gasteiger charge is -2.16. The van der Waals surface area contributed by atoms with Crippen LogP contribution in [-0.2, 0) is 20.8 Å². The third kappa shape index (κ3) is 9.58. The summed E-state index contributed by atoms with van der Waals surface area (Å²) in [5.74, 6) is -0.737. The molecule has 10 heteroatoms. The fourth-order valence-corrected chi connectivity index (χ4v) is 3.92. The van der Waals surface area contributed by atoms with Gasteiger partial charge in [0.2, 0.25) is 11.8 Å². The lowest BCUT2D eigenvalue weighted by Crippen LogP contribution is -2.21. The Bertz CT molecular complexity index is 1450. The summed E-state index contributed by atoms with van der Waals surface area (Å²) in [5, 5.41) is 9.50. The fourth-order valence-electron chi connectivity index (χ4n) is 3.92. The number of ether oxygens (including phenoxy) is 2. The highest BCUT2D eigenvalue weighted by Crippen LogP contribution is 2.33. The lowest BCUT2D eigenvalue weighted by atomic mass is 10.1. The van der Waals surface area contributed by atoms with E-state index in [1.165, 1.54) is 30.5 Å². The van der Waals surface area contributed by atoms with Gasteiger partial charge in [-0.3, -0.25) is 14.4 Å². The molecule has 0 saturated carbocycles. The van der Waals surface area contributed by atoms with E-state index in [1.54, 1.807) is 18.2 Å². The number of halogens is 1. The first-order valence-corrected chi connectivity index (χ1v) is 13.5. The molecule has 0 aliphatic carbocycles. The maximum absolute atomic E-state index is 13.1. The molecule has 3 N–H and O–H groups in total. The molecule has 0 unspecified atom stereocenters. The van der Waals surface area contributed by atoms with E-state index < -0.39 is 17.6 Å². The van der Waals surface area contributed by atoms with Crippen molar-refractivity contribution in [3.8, 4) is 11.5 Å². The highest BCUT2D eigenvalue weighted by Gasteiger charge is 2.15. The molecule has 0 bridgehead atoms. The number of allylic oxidation sites excluding steroid dienone is 1. The Hall–Kier alpha value is -4.99. The molecule has 0 saturated heterocycles. The van der Waals surface area contributed by atoms with Crippen LogP contribution in [-0.4, -0.2) is 37.1 Å². The van der Waals surface area contributed by atoms with Gasteiger partial charge in [-0.2, -0.15) is 5.10 Å². The second-order valence-electron chi connectivity index (χ2n) is 9.37. The number of nitrogens with zero attached hydrogens (tertiary/aromatic N) is 1. The van der Waals surface area contributed by atoms with Crippen LogP contribution in [0.25, 0.3) is 0 Å². The van der Waals surface area contributed by atoms with Gasteiger partial charge >= 0.3 is 0 Å². The molecule has 3 aromatic rings. The van der Waals surface area contributed by atoms with Crippen molar-refractivity contribution < 1.29 is 28.2 Å². The molecule has 0 atom stereocenters. The van der Waals surface area contributed by atoms with Crippen LogP contribution in [0.15, 0.2) is 72.4 Å². The lowest BCUT2D eigenvalue weighted by molar-refractivity contribution is -0.124. The molecule has 3 amide bonds. The number of hydrogen-bond donors (Lipinski definition) is 3. The summed E-state index contributed by atoms with van der Waals surface area (Å²) in [6.45, 7) is 9.53. The smallest absolute Gasteiger partial charge is 0.262 e. The van der Waals surface area contributed by atoms with Crippen LogP contribution in [0.3, 0.4) is 0 Å². The van der Waals surface area contributed by atoms with Gasteiger partial charge in [0.05, 0.1) is 12.8 Å². The topological polar surface area (TPSA) is 118 Å². The number of amides is 3. The second kappa shape index (κ2) is 15.7. The van der Waals surface area contributed by atoms with E-state index in [1.807, 2.05) is 39.0 Å². The summed E-state index contributed by atoms with van der Waals surface area (Å²) in [6, 6.07) is 14.5. The largest absolute Gasteiger partial charge is 0.490 e. The van der Waals surface area contributed by atoms with E-state index in [0.717, 1.165) is 16.8 Å². The molecule has 0 aromatic heterocycles. The predicted molar refractivity (Wildman–Crippen MR) is 162 cm³/mol. The van der Waals surface area contributed by atoms with Crippen LogP contribution >= 0.6 is 0 Å². The van der Waals surface area contributed by atoms with Gasteiger partial charge < -0.3 is 20.1 Å². The van der Waals surface area contributed by atoms with E-state index >= 15 is 0 Å². The first kappa shape index (κ1) is 31.5. The van der Waals surface area contributed by atoms with Crippen molar-refractivity contribution in [3.63, 3.8) is 0 Å². The van der Waals surface area contributed by atoms with Crippen molar-refractivity contribution in [2.24, 2.45) is 5.10 Å². The molecule has 0 radical (unpaired) electrons. The third-order valence-electron chi connectivity index (χ3n) is 6.15. The van der Waals surface area contributed by atoms with Crippen LogP contribution in [0.5, 0.6) is 11.5 Å². The minimum atomic E-state index is -0.426. The average molecular weight is 575 g/mol. The summed E-state index contributed by atoms with van der Waals surface area (Å²) in [7, 11) is 0. The molecular weight excluding hydrogens is 539 g/mol. The Balaban J connectivity index is 1.60.